The molecule has 0 N–H and O–H groups in total. The van der Waals surface area contributed by atoms with Gasteiger partial charge >= 0.3 is 6.18 Å². The van der Waals surface area contributed by atoms with Crippen molar-refractivity contribution in [1.29, 1.82) is 0 Å². The molecule has 1 aromatic heterocycles. The van der Waals surface area contributed by atoms with Crippen molar-refractivity contribution in [3.63, 3.8) is 0 Å². The zero-order chi connectivity index (χ0) is 12.5. The van der Waals surface area contributed by atoms with Crippen LogP contribution in [-0.2, 0) is 12.5 Å². The molecular weight excluding hydrogens is 246 g/mol. The van der Waals surface area contributed by atoms with Crippen molar-refractivity contribution in [2.75, 3.05) is 0 Å². The fourth-order valence-corrected chi connectivity index (χ4v) is 2.17. The van der Waals surface area contributed by atoms with E-state index in [-0.39, 0.29) is 0 Å². The minimum absolute atomic E-state index is 0.330. The lowest BCUT2D eigenvalue weighted by Gasteiger charge is -2.06. The Labute approximate surface area is 102 Å². The van der Waals surface area contributed by atoms with Crippen molar-refractivity contribution < 1.29 is 13.2 Å². The predicted octanol–water partition coefficient (Wildman–Crippen LogP) is 3.50. The van der Waals surface area contributed by atoms with Crippen molar-refractivity contribution in [3.05, 3.63) is 40.9 Å². The predicted molar refractivity (Wildman–Crippen MR) is 62.0 cm³/mol. The molecule has 2 rings (SSSR count). The van der Waals surface area contributed by atoms with Crippen LogP contribution in [0.3, 0.4) is 0 Å². The Hall–Kier alpha value is -1.30. The molecule has 2 radical (unpaired) electrons. The molecule has 0 saturated heterocycles. The second kappa shape index (κ2) is 4.53. The van der Waals surface area contributed by atoms with Gasteiger partial charge in [0.15, 0.2) is 0 Å². The van der Waals surface area contributed by atoms with Gasteiger partial charge in [-0.2, -0.15) is 13.2 Å². The Morgan fingerprint density at radius 2 is 1.82 bits per heavy atom. The first kappa shape index (κ1) is 12.2. The lowest BCUT2D eigenvalue weighted by atomic mass is 10.0. The second-order valence-corrected chi connectivity index (χ2v) is 4.28. The molecule has 6 heteroatoms. The second-order valence-electron chi connectivity index (χ2n) is 3.42. The average molecular weight is 253 g/mol. The first-order valence-electron chi connectivity index (χ1n) is 4.83. The summed E-state index contributed by atoms with van der Waals surface area (Å²) in [5.74, 6) is 0. The van der Waals surface area contributed by atoms with Gasteiger partial charge in [-0.25, -0.2) is 4.98 Å². The van der Waals surface area contributed by atoms with Crippen LogP contribution in [0.5, 0.6) is 0 Å². The van der Waals surface area contributed by atoms with E-state index in [9.17, 15) is 13.2 Å². The highest BCUT2D eigenvalue weighted by molar-refractivity contribution is 7.13. The molecule has 0 aliphatic heterocycles. The van der Waals surface area contributed by atoms with Gasteiger partial charge in [-0.3, -0.25) is 0 Å². The first-order valence-corrected chi connectivity index (χ1v) is 5.71. The highest BCUT2D eigenvalue weighted by Crippen LogP contribution is 2.31. The maximum absolute atomic E-state index is 12.4. The first-order chi connectivity index (χ1) is 8.00. The summed E-state index contributed by atoms with van der Waals surface area (Å²) in [5, 5.41) is 2.48. The summed E-state index contributed by atoms with van der Waals surface area (Å²) >= 11 is 1.37. The Morgan fingerprint density at radius 1 is 1.18 bits per heavy atom. The topological polar surface area (TPSA) is 12.9 Å². The van der Waals surface area contributed by atoms with Gasteiger partial charge in [0.25, 0.3) is 0 Å². The summed E-state index contributed by atoms with van der Waals surface area (Å²) in [4.78, 5) is 4.20. The number of hydrogen-bond donors (Lipinski definition) is 0. The fourth-order valence-electron chi connectivity index (χ4n) is 1.34. The van der Waals surface area contributed by atoms with Gasteiger partial charge in [0.2, 0.25) is 0 Å². The number of aromatic nitrogens is 1. The SMILES string of the molecule is [B]Cc1csc(-c2ccc(C(F)(F)F)cc2)n1. The highest BCUT2D eigenvalue weighted by atomic mass is 32.1. The lowest BCUT2D eigenvalue weighted by Crippen LogP contribution is -2.03. The third kappa shape index (κ3) is 2.69. The smallest absolute Gasteiger partial charge is 0.242 e. The highest BCUT2D eigenvalue weighted by Gasteiger charge is 2.30. The van der Waals surface area contributed by atoms with Gasteiger partial charge in [-0.1, -0.05) is 12.1 Å². The third-order valence-electron chi connectivity index (χ3n) is 2.22. The number of nitrogens with zero attached hydrogens (tertiary/aromatic N) is 1. The maximum Gasteiger partial charge on any atom is 0.416 e. The zero-order valence-corrected chi connectivity index (χ0v) is 9.48. The molecule has 1 aromatic carbocycles. The van der Waals surface area contributed by atoms with Crippen LogP contribution >= 0.6 is 11.3 Å². The van der Waals surface area contributed by atoms with Crippen LogP contribution in [0.2, 0.25) is 0 Å². The van der Waals surface area contributed by atoms with Crippen LogP contribution in [-0.4, -0.2) is 12.8 Å². The molecule has 0 bridgehead atoms. The normalized spacial score (nSPS) is 11.7. The molecule has 0 saturated carbocycles. The molecule has 86 valence electrons. The van der Waals surface area contributed by atoms with Crippen molar-refractivity contribution >= 4 is 19.2 Å². The number of benzene rings is 1. The molecule has 0 unspecified atom stereocenters. The van der Waals surface area contributed by atoms with Gasteiger partial charge in [0, 0.05) is 16.6 Å². The van der Waals surface area contributed by atoms with Crippen molar-refractivity contribution in [2.45, 2.75) is 12.5 Å². The van der Waals surface area contributed by atoms with Gasteiger partial charge in [0.1, 0.15) is 5.01 Å². The molecule has 1 heterocycles. The Kier molecular flexibility index (Phi) is 3.24. The van der Waals surface area contributed by atoms with Crippen LogP contribution < -0.4 is 0 Å². The van der Waals surface area contributed by atoms with Gasteiger partial charge in [0.05, 0.1) is 13.4 Å². The molecule has 17 heavy (non-hydrogen) atoms. The number of hydrogen-bond acceptors (Lipinski definition) is 2. The molecule has 0 fully saturated rings. The quantitative estimate of drug-likeness (QED) is 0.746. The molecule has 2 aromatic rings. The standard InChI is InChI=1S/C11H7BF3NS/c12-5-9-6-17-10(16-9)7-1-3-8(4-2-7)11(13,14)15/h1-4,6H,5H2. The fraction of sp³-hybridized carbons (Fsp3) is 0.182. The summed E-state index contributed by atoms with van der Waals surface area (Å²) in [6, 6.07) is 4.95. The van der Waals surface area contributed by atoms with E-state index in [1.165, 1.54) is 23.5 Å². The van der Waals surface area contributed by atoms with Gasteiger partial charge < -0.3 is 0 Å². The average Bonchev–Trinajstić information content (AvgIpc) is 2.76. The molecule has 0 aliphatic rings. The van der Waals surface area contributed by atoms with Gasteiger partial charge in [-0.05, 0) is 18.5 Å². The molecular formula is C11H7BF3NS. The number of rotatable bonds is 2. The van der Waals surface area contributed by atoms with Crippen LogP contribution in [0.1, 0.15) is 11.3 Å². The molecule has 1 nitrogen and oxygen atoms in total. The van der Waals surface area contributed by atoms with E-state index in [4.69, 9.17) is 7.85 Å². The largest absolute Gasteiger partial charge is 0.416 e. The zero-order valence-electron chi connectivity index (χ0n) is 8.66. The summed E-state index contributed by atoms with van der Waals surface area (Å²) in [7, 11) is 5.42. The monoisotopic (exact) mass is 253 g/mol. The Balaban J connectivity index is 2.29. The minimum atomic E-state index is -4.30. The molecule has 0 atom stereocenters. The van der Waals surface area contributed by atoms with Crippen molar-refractivity contribution in [1.82, 2.24) is 4.98 Å². The Bertz CT molecular complexity index is 504. The minimum Gasteiger partial charge on any atom is -0.242 e. The van der Waals surface area contributed by atoms with Crippen LogP contribution in [0.15, 0.2) is 29.6 Å². The Morgan fingerprint density at radius 3 is 2.29 bits per heavy atom. The summed E-state index contributed by atoms with van der Waals surface area (Å²) in [5.41, 5.74) is 0.754. The number of thiazole rings is 1. The molecule has 0 aliphatic carbocycles. The van der Waals surface area contributed by atoms with Crippen LogP contribution in [0.4, 0.5) is 13.2 Å². The summed E-state index contributed by atoms with van der Waals surface area (Å²) in [6.45, 7) is 0. The van der Waals surface area contributed by atoms with E-state index < -0.39 is 11.7 Å². The van der Waals surface area contributed by atoms with E-state index in [1.54, 1.807) is 5.38 Å². The van der Waals surface area contributed by atoms with Crippen molar-refractivity contribution in [3.8, 4) is 10.6 Å². The van der Waals surface area contributed by atoms with E-state index in [0.717, 1.165) is 17.8 Å². The van der Waals surface area contributed by atoms with E-state index in [1.807, 2.05) is 0 Å². The summed E-state index contributed by atoms with van der Waals surface area (Å²) in [6.07, 6.45) is -3.97. The number of alkyl halides is 3. The lowest BCUT2D eigenvalue weighted by molar-refractivity contribution is -0.137. The molecule has 0 amide bonds. The summed E-state index contributed by atoms with van der Waals surface area (Å²) < 4.78 is 37.1. The van der Waals surface area contributed by atoms with Crippen molar-refractivity contribution in [2.24, 2.45) is 0 Å². The van der Waals surface area contributed by atoms with Crippen LogP contribution in [0.25, 0.3) is 10.6 Å². The van der Waals surface area contributed by atoms with E-state index in [0.29, 0.717) is 16.9 Å². The van der Waals surface area contributed by atoms with E-state index >= 15 is 0 Å². The van der Waals surface area contributed by atoms with Gasteiger partial charge in [-0.15, -0.1) is 11.3 Å². The maximum atomic E-state index is 12.4. The number of halogens is 3. The third-order valence-corrected chi connectivity index (χ3v) is 3.16. The molecule has 0 spiro atoms. The van der Waals surface area contributed by atoms with Crippen LogP contribution in [0, 0.1) is 0 Å². The van der Waals surface area contributed by atoms with E-state index in [2.05, 4.69) is 4.98 Å².